The summed E-state index contributed by atoms with van der Waals surface area (Å²) in [4.78, 5) is 32.4. The van der Waals surface area contributed by atoms with Crippen LogP contribution in [0.4, 0.5) is 11.6 Å². The van der Waals surface area contributed by atoms with Gasteiger partial charge in [0.1, 0.15) is 0 Å². The van der Waals surface area contributed by atoms with Crippen LogP contribution in [0, 0.1) is 6.92 Å². The molecule has 0 aliphatic carbocycles. The van der Waals surface area contributed by atoms with Crippen molar-refractivity contribution in [2.45, 2.75) is 13.8 Å². The van der Waals surface area contributed by atoms with Crippen LogP contribution < -0.4 is 4.90 Å². The van der Waals surface area contributed by atoms with Crippen LogP contribution in [0.15, 0.2) is 36.5 Å². The van der Waals surface area contributed by atoms with E-state index in [0.717, 1.165) is 5.69 Å². The molecule has 0 atom stereocenters. The van der Waals surface area contributed by atoms with Gasteiger partial charge >= 0.3 is 5.97 Å². The van der Waals surface area contributed by atoms with Crippen molar-refractivity contribution in [1.29, 1.82) is 0 Å². The van der Waals surface area contributed by atoms with Crippen LogP contribution in [0.1, 0.15) is 23.0 Å². The third kappa shape index (κ3) is 2.80. The number of carbonyl (C=O) groups excluding carboxylic acids is 1. The standard InChI is InChI=1S/C14H13N3O3/c1-9-6-7-15-14(16-9)17(10(2)18)12-5-3-4-11(8-12)13(19)20/h3-8H,1-2H3,(H,19,20). The zero-order chi connectivity index (χ0) is 14.7. The fourth-order valence-electron chi connectivity index (χ4n) is 1.76. The summed E-state index contributed by atoms with van der Waals surface area (Å²) in [5, 5.41) is 9.01. The molecule has 0 radical (unpaired) electrons. The van der Waals surface area contributed by atoms with Crippen LogP contribution in [0.2, 0.25) is 0 Å². The Morgan fingerprint density at radius 2 is 2.00 bits per heavy atom. The quantitative estimate of drug-likeness (QED) is 0.924. The van der Waals surface area contributed by atoms with E-state index in [9.17, 15) is 9.59 Å². The minimum Gasteiger partial charge on any atom is -0.478 e. The van der Waals surface area contributed by atoms with E-state index in [4.69, 9.17) is 5.11 Å². The van der Waals surface area contributed by atoms with Gasteiger partial charge in [-0.2, -0.15) is 0 Å². The average molecular weight is 271 g/mol. The van der Waals surface area contributed by atoms with Gasteiger partial charge in [0.05, 0.1) is 11.3 Å². The molecule has 1 aromatic heterocycles. The van der Waals surface area contributed by atoms with Gasteiger partial charge in [0.15, 0.2) is 0 Å². The van der Waals surface area contributed by atoms with Gasteiger partial charge in [0.25, 0.3) is 0 Å². The zero-order valence-corrected chi connectivity index (χ0v) is 11.1. The van der Waals surface area contributed by atoms with E-state index in [2.05, 4.69) is 9.97 Å². The molecule has 0 spiro atoms. The number of carboxylic acids is 1. The van der Waals surface area contributed by atoms with Crippen LogP contribution >= 0.6 is 0 Å². The van der Waals surface area contributed by atoms with Gasteiger partial charge in [-0.05, 0) is 31.2 Å². The second-order valence-electron chi connectivity index (χ2n) is 4.21. The molecule has 1 heterocycles. The van der Waals surface area contributed by atoms with Crippen molar-refractivity contribution >= 4 is 23.5 Å². The minimum absolute atomic E-state index is 0.0985. The Balaban J connectivity index is 2.52. The molecule has 0 unspecified atom stereocenters. The number of rotatable bonds is 3. The maximum absolute atomic E-state index is 11.8. The van der Waals surface area contributed by atoms with Crippen molar-refractivity contribution in [2.24, 2.45) is 0 Å². The SMILES string of the molecule is CC(=O)N(c1cccc(C(=O)O)c1)c1nccc(C)n1. The lowest BCUT2D eigenvalue weighted by atomic mass is 10.2. The number of hydrogen-bond donors (Lipinski definition) is 1. The lowest BCUT2D eigenvalue weighted by molar-refractivity contribution is -0.115. The van der Waals surface area contributed by atoms with E-state index in [1.54, 1.807) is 31.3 Å². The van der Waals surface area contributed by atoms with E-state index >= 15 is 0 Å². The Morgan fingerprint density at radius 3 is 2.60 bits per heavy atom. The van der Waals surface area contributed by atoms with Crippen LogP contribution in [-0.2, 0) is 4.79 Å². The molecule has 20 heavy (non-hydrogen) atoms. The smallest absolute Gasteiger partial charge is 0.335 e. The molecule has 6 heteroatoms. The summed E-state index contributed by atoms with van der Waals surface area (Å²) in [5.41, 5.74) is 1.24. The second kappa shape index (κ2) is 5.48. The van der Waals surface area contributed by atoms with Crippen LogP contribution in [0.3, 0.4) is 0 Å². The molecule has 1 aromatic carbocycles. The van der Waals surface area contributed by atoms with Crippen LogP contribution in [0.25, 0.3) is 0 Å². The molecule has 0 fully saturated rings. The number of nitrogens with zero attached hydrogens (tertiary/aromatic N) is 3. The maximum atomic E-state index is 11.8. The number of hydrogen-bond acceptors (Lipinski definition) is 4. The van der Waals surface area contributed by atoms with Gasteiger partial charge in [0, 0.05) is 18.8 Å². The Kier molecular flexibility index (Phi) is 3.74. The van der Waals surface area contributed by atoms with Gasteiger partial charge in [-0.1, -0.05) is 6.07 Å². The first-order valence-electron chi connectivity index (χ1n) is 5.93. The van der Waals surface area contributed by atoms with Gasteiger partial charge < -0.3 is 5.11 Å². The normalized spacial score (nSPS) is 10.1. The van der Waals surface area contributed by atoms with Gasteiger partial charge in [-0.25, -0.2) is 19.7 Å². The topological polar surface area (TPSA) is 83.4 Å². The minimum atomic E-state index is -1.06. The number of aryl methyl sites for hydroxylation is 1. The summed E-state index contributed by atoms with van der Waals surface area (Å²) in [6.07, 6.45) is 1.55. The number of benzene rings is 1. The molecule has 0 saturated carbocycles. The van der Waals surface area contributed by atoms with E-state index in [0.29, 0.717) is 5.69 Å². The molecule has 2 rings (SSSR count). The molecule has 0 bridgehead atoms. The first-order valence-corrected chi connectivity index (χ1v) is 5.93. The summed E-state index contributed by atoms with van der Waals surface area (Å²) < 4.78 is 0. The third-order valence-corrected chi connectivity index (χ3v) is 2.65. The molecular formula is C14H13N3O3. The second-order valence-corrected chi connectivity index (χ2v) is 4.21. The Labute approximate surface area is 115 Å². The van der Waals surface area contributed by atoms with Crippen molar-refractivity contribution in [3.8, 4) is 0 Å². The summed E-state index contributed by atoms with van der Waals surface area (Å²) in [5.74, 6) is -1.13. The van der Waals surface area contributed by atoms with Crippen molar-refractivity contribution in [3.63, 3.8) is 0 Å². The number of aromatic carboxylic acids is 1. The van der Waals surface area contributed by atoms with E-state index in [1.807, 2.05) is 0 Å². The van der Waals surface area contributed by atoms with E-state index < -0.39 is 5.97 Å². The number of carbonyl (C=O) groups is 2. The molecule has 6 nitrogen and oxygen atoms in total. The van der Waals surface area contributed by atoms with E-state index in [-0.39, 0.29) is 17.4 Å². The Hall–Kier alpha value is -2.76. The molecule has 0 saturated heterocycles. The van der Waals surface area contributed by atoms with Gasteiger partial charge in [0.2, 0.25) is 11.9 Å². The molecule has 0 aliphatic heterocycles. The summed E-state index contributed by atoms with van der Waals surface area (Å²) in [7, 11) is 0. The average Bonchev–Trinajstić information content (AvgIpc) is 2.39. The highest BCUT2D eigenvalue weighted by Crippen LogP contribution is 2.23. The highest BCUT2D eigenvalue weighted by Gasteiger charge is 2.18. The van der Waals surface area contributed by atoms with Crippen molar-refractivity contribution < 1.29 is 14.7 Å². The van der Waals surface area contributed by atoms with Crippen LogP contribution in [0.5, 0.6) is 0 Å². The van der Waals surface area contributed by atoms with Crippen molar-refractivity contribution in [1.82, 2.24) is 9.97 Å². The summed E-state index contributed by atoms with van der Waals surface area (Å²) in [6.45, 7) is 3.16. The predicted octanol–water partition coefficient (Wildman–Crippen LogP) is 2.17. The molecule has 1 amide bonds. The maximum Gasteiger partial charge on any atom is 0.335 e. The molecule has 102 valence electrons. The monoisotopic (exact) mass is 271 g/mol. The summed E-state index contributed by atoms with van der Waals surface area (Å²) in [6, 6.07) is 7.80. The first kappa shape index (κ1) is 13.7. The van der Waals surface area contributed by atoms with Crippen molar-refractivity contribution in [2.75, 3.05) is 4.90 Å². The van der Waals surface area contributed by atoms with E-state index in [1.165, 1.54) is 24.0 Å². The first-order chi connectivity index (χ1) is 9.49. The molecular weight excluding hydrogens is 258 g/mol. The molecule has 0 aliphatic rings. The van der Waals surface area contributed by atoms with Gasteiger partial charge in [-0.15, -0.1) is 0 Å². The predicted molar refractivity (Wildman–Crippen MR) is 73.0 cm³/mol. The van der Waals surface area contributed by atoms with Crippen LogP contribution in [-0.4, -0.2) is 27.0 Å². The number of carboxylic acid groups (broad SMARTS) is 1. The largest absolute Gasteiger partial charge is 0.478 e. The molecule has 2 aromatic rings. The number of aromatic nitrogens is 2. The van der Waals surface area contributed by atoms with Gasteiger partial charge in [-0.3, -0.25) is 4.79 Å². The fourth-order valence-corrected chi connectivity index (χ4v) is 1.76. The zero-order valence-electron chi connectivity index (χ0n) is 11.1. The lowest BCUT2D eigenvalue weighted by Crippen LogP contribution is -2.25. The number of amides is 1. The highest BCUT2D eigenvalue weighted by molar-refractivity contribution is 5.98. The fraction of sp³-hybridized carbons (Fsp3) is 0.143. The lowest BCUT2D eigenvalue weighted by Gasteiger charge is -2.19. The third-order valence-electron chi connectivity index (χ3n) is 2.65. The Bertz CT molecular complexity index is 670. The highest BCUT2D eigenvalue weighted by atomic mass is 16.4. The summed E-state index contributed by atoms with van der Waals surface area (Å²) >= 11 is 0. The Morgan fingerprint density at radius 1 is 1.25 bits per heavy atom. The number of anilines is 2. The van der Waals surface area contributed by atoms with Crippen molar-refractivity contribution in [3.05, 3.63) is 47.8 Å². The molecule has 1 N–H and O–H groups in total.